The molecule has 2 aromatic rings. The van der Waals surface area contributed by atoms with Crippen molar-refractivity contribution in [2.24, 2.45) is 0 Å². The third kappa shape index (κ3) is 3.93. The molecule has 0 saturated heterocycles. The molecule has 4 nitrogen and oxygen atoms in total. The van der Waals surface area contributed by atoms with Crippen molar-refractivity contribution in [1.29, 1.82) is 0 Å². The highest BCUT2D eigenvalue weighted by atomic mass is 35.5. The summed E-state index contributed by atoms with van der Waals surface area (Å²) in [4.78, 5) is 11.8. The SMILES string of the molecule is O=C(Nc1c(F)cccc1F)NC(CO)c1ccc(Cl)cc1. The van der Waals surface area contributed by atoms with Crippen molar-refractivity contribution in [1.82, 2.24) is 5.32 Å². The van der Waals surface area contributed by atoms with Gasteiger partial charge in [0, 0.05) is 5.02 Å². The zero-order valence-electron chi connectivity index (χ0n) is 11.3. The molecule has 7 heteroatoms. The van der Waals surface area contributed by atoms with Crippen LogP contribution in [0.1, 0.15) is 11.6 Å². The summed E-state index contributed by atoms with van der Waals surface area (Å²) in [5, 5.41) is 14.4. The Labute approximate surface area is 130 Å². The highest BCUT2D eigenvalue weighted by Crippen LogP contribution is 2.19. The van der Waals surface area contributed by atoms with E-state index in [1.165, 1.54) is 6.07 Å². The summed E-state index contributed by atoms with van der Waals surface area (Å²) >= 11 is 5.76. The monoisotopic (exact) mass is 326 g/mol. The number of rotatable bonds is 4. The van der Waals surface area contributed by atoms with Gasteiger partial charge in [-0.25, -0.2) is 13.6 Å². The molecule has 22 heavy (non-hydrogen) atoms. The molecule has 0 bridgehead atoms. The van der Waals surface area contributed by atoms with Crippen molar-refractivity contribution in [2.75, 3.05) is 11.9 Å². The van der Waals surface area contributed by atoms with E-state index < -0.39 is 29.4 Å². The van der Waals surface area contributed by atoms with Gasteiger partial charge in [0.05, 0.1) is 12.6 Å². The van der Waals surface area contributed by atoms with Crippen molar-refractivity contribution < 1.29 is 18.7 Å². The van der Waals surface area contributed by atoms with Gasteiger partial charge in [0.25, 0.3) is 0 Å². The first-order valence-corrected chi connectivity index (χ1v) is 6.77. The highest BCUT2D eigenvalue weighted by molar-refractivity contribution is 6.30. The van der Waals surface area contributed by atoms with Crippen molar-refractivity contribution in [3.05, 3.63) is 64.7 Å². The van der Waals surface area contributed by atoms with Crippen molar-refractivity contribution in [3.8, 4) is 0 Å². The first-order valence-electron chi connectivity index (χ1n) is 6.39. The quantitative estimate of drug-likeness (QED) is 0.805. The molecule has 1 unspecified atom stereocenters. The lowest BCUT2D eigenvalue weighted by Crippen LogP contribution is -2.34. The summed E-state index contributed by atoms with van der Waals surface area (Å²) in [6.45, 7) is -0.380. The van der Waals surface area contributed by atoms with Gasteiger partial charge >= 0.3 is 6.03 Å². The van der Waals surface area contributed by atoms with Crippen LogP contribution in [0.3, 0.4) is 0 Å². The average molecular weight is 327 g/mol. The Morgan fingerprint density at radius 2 is 1.73 bits per heavy atom. The number of hydrogen-bond donors (Lipinski definition) is 3. The molecule has 0 aliphatic carbocycles. The van der Waals surface area contributed by atoms with Crippen molar-refractivity contribution in [3.63, 3.8) is 0 Å². The molecule has 2 amide bonds. The van der Waals surface area contributed by atoms with Crippen LogP contribution >= 0.6 is 11.6 Å². The minimum atomic E-state index is -0.887. The van der Waals surface area contributed by atoms with Crippen LogP contribution in [-0.2, 0) is 0 Å². The summed E-state index contributed by atoms with van der Waals surface area (Å²) in [6.07, 6.45) is 0. The fourth-order valence-corrected chi connectivity index (χ4v) is 1.98. The molecular weight excluding hydrogens is 314 g/mol. The number of para-hydroxylation sites is 1. The number of carbonyl (C=O) groups is 1. The van der Waals surface area contributed by atoms with E-state index in [4.69, 9.17) is 11.6 Å². The zero-order chi connectivity index (χ0) is 16.1. The lowest BCUT2D eigenvalue weighted by Gasteiger charge is -2.17. The Bertz CT molecular complexity index is 645. The number of anilines is 1. The number of urea groups is 1. The molecule has 0 aliphatic heterocycles. The molecule has 2 aromatic carbocycles. The van der Waals surface area contributed by atoms with Gasteiger partial charge in [0.15, 0.2) is 0 Å². The van der Waals surface area contributed by atoms with Crippen LogP contribution in [0.4, 0.5) is 19.3 Å². The zero-order valence-corrected chi connectivity index (χ0v) is 12.1. The van der Waals surface area contributed by atoms with Gasteiger partial charge in [0.2, 0.25) is 0 Å². The van der Waals surface area contributed by atoms with E-state index in [0.29, 0.717) is 10.6 Å². The maximum atomic E-state index is 13.5. The largest absolute Gasteiger partial charge is 0.394 e. The molecule has 116 valence electrons. The van der Waals surface area contributed by atoms with Gasteiger partial charge in [-0.2, -0.15) is 0 Å². The van der Waals surface area contributed by atoms with Crippen LogP contribution in [0.2, 0.25) is 5.02 Å². The van der Waals surface area contributed by atoms with Crippen LogP contribution < -0.4 is 10.6 Å². The van der Waals surface area contributed by atoms with E-state index in [9.17, 15) is 18.7 Å². The Hall–Kier alpha value is -2.18. The van der Waals surface area contributed by atoms with Crippen molar-refractivity contribution in [2.45, 2.75) is 6.04 Å². The van der Waals surface area contributed by atoms with E-state index in [2.05, 4.69) is 10.6 Å². The van der Waals surface area contributed by atoms with Gasteiger partial charge in [-0.1, -0.05) is 29.8 Å². The first kappa shape index (κ1) is 16.2. The Morgan fingerprint density at radius 3 is 2.27 bits per heavy atom. The summed E-state index contributed by atoms with van der Waals surface area (Å²) < 4.78 is 26.9. The van der Waals surface area contributed by atoms with E-state index in [-0.39, 0.29) is 6.61 Å². The van der Waals surface area contributed by atoms with Crippen molar-refractivity contribution >= 4 is 23.3 Å². The van der Waals surface area contributed by atoms with Crippen LogP contribution in [-0.4, -0.2) is 17.7 Å². The molecule has 1 atom stereocenters. The molecule has 0 saturated carbocycles. The van der Waals surface area contributed by atoms with Gasteiger partial charge in [-0.3, -0.25) is 0 Å². The highest BCUT2D eigenvalue weighted by Gasteiger charge is 2.16. The van der Waals surface area contributed by atoms with Gasteiger partial charge < -0.3 is 15.7 Å². The Morgan fingerprint density at radius 1 is 1.14 bits per heavy atom. The summed E-state index contributed by atoms with van der Waals surface area (Å²) in [7, 11) is 0. The van der Waals surface area contributed by atoms with E-state index >= 15 is 0 Å². The number of hydrogen-bond acceptors (Lipinski definition) is 2. The lowest BCUT2D eigenvalue weighted by atomic mass is 10.1. The second-order valence-corrected chi connectivity index (χ2v) is 4.92. The summed E-state index contributed by atoms with van der Waals surface area (Å²) in [5.41, 5.74) is 0.0591. The molecule has 0 spiro atoms. The number of benzene rings is 2. The van der Waals surface area contributed by atoms with E-state index in [1.54, 1.807) is 24.3 Å². The molecule has 3 N–H and O–H groups in total. The molecular formula is C15H13ClF2N2O2. The Balaban J connectivity index is 2.08. The number of amides is 2. The first-order chi connectivity index (χ1) is 10.5. The number of aliphatic hydroxyl groups is 1. The predicted molar refractivity (Wildman–Crippen MR) is 79.8 cm³/mol. The predicted octanol–water partition coefficient (Wildman–Crippen LogP) is 3.47. The van der Waals surface area contributed by atoms with Gasteiger partial charge in [-0.15, -0.1) is 0 Å². The Kier molecular flexibility index (Phi) is 5.30. The fourth-order valence-electron chi connectivity index (χ4n) is 1.85. The molecule has 0 aromatic heterocycles. The smallest absolute Gasteiger partial charge is 0.319 e. The maximum absolute atomic E-state index is 13.5. The van der Waals surface area contributed by atoms with Crippen LogP contribution in [0.15, 0.2) is 42.5 Å². The third-order valence-electron chi connectivity index (χ3n) is 2.96. The molecule has 0 radical (unpaired) electrons. The van der Waals surface area contributed by atoms with E-state index in [1.807, 2.05) is 0 Å². The molecule has 0 fully saturated rings. The number of carbonyl (C=O) groups excluding carboxylic acids is 1. The van der Waals surface area contributed by atoms with E-state index in [0.717, 1.165) is 12.1 Å². The molecule has 2 rings (SSSR count). The maximum Gasteiger partial charge on any atom is 0.319 e. The fraction of sp³-hybridized carbons (Fsp3) is 0.133. The summed E-state index contributed by atoms with van der Waals surface area (Å²) in [6, 6.07) is 8.16. The summed E-state index contributed by atoms with van der Waals surface area (Å²) in [5.74, 6) is -1.77. The number of aliphatic hydroxyl groups excluding tert-OH is 1. The average Bonchev–Trinajstić information content (AvgIpc) is 2.50. The van der Waals surface area contributed by atoms with Gasteiger partial charge in [0.1, 0.15) is 17.3 Å². The lowest BCUT2D eigenvalue weighted by molar-refractivity contribution is 0.225. The second-order valence-electron chi connectivity index (χ2n) is 4.48. The topological polar surface area (TPSA) is 61.4 Å². The standard InChI is InChI=1S/C15H13ClF2N2O2/c16-10-6-4-9(5-7-10)13(8-21)19-15(22)20-14-11(17)2-1-3-12(14)18/h1-7,13,21H,8H2,(H2,19,20,22). The minimum absolute atomic E-state index is 0.380. The number of halogens is 3. The van der Waals surface area contributed by atoms with Gasteiger partial charge in [-0.05, 0) is 29.8 Å². The third-order valence-corrected chi connectivity index (χ3v) is 3.21. The van der Waals surface area contributed by atoms with Crippen LogP contribution in [0, 0.1) is 11.6 Å². The molecule has 0 heterocycles. The second kappa shape index (κ2) is 7.20. The molecule has 0 aliphatic rings. The number of nitrogens with one attached hydrogen (secondary N) is 2. The van der Waals surface area contributed by atoms with Crippen LogP contribution in [0.25, 0.3) is 0 Å². The minimum Gasteiger partial charge on any atom is -0.394 e. The van der Waals surface area contributed by atoms with Crippen LogP contribution in [0.5, 0.6) is 0 Å². The normalized spacial score (nSPS) is 11.8.